The molecule has 234 valence electrons. The molecule has 0 saturated carbocycles. The number of anilines is 4. The van der Waals surface area contributed by atoms with Crippen molar-refractivity contribution in [2.45, 2.75) is 0 Å². The summed E-state index contributed by atoms with van der Waals surface area (Å²) in [5, 5.41) is 7.67. The van der Waals surface area contributed by atoms with Crippen LogP contribution in [0.2, 0.25) is 0 Å². The third kappa shape index (κ3) is 4.57. The molecule has 9 aromatic rings. The molecule has 50 heavy (non-hydrogen) atoms. The molecule has 0 radical (unpaired) electrons. The number of hydrogen-bond donors (Lipinski definition) is 1. The van der Waals surface area contributed by atoms with E-state index in [2.05, 4.69) is 175 Å². The van der Waals surface area contributed by atoms with Crippen molar-refractivity contribution in [2.75, 3.05) is 10.6 Å². The Morgan fingerprint density at radius 2 is 0.860 bits per heavy atom. The molecule has 9 aromatic carbocycles. The highest BCUT2D eigenvalue weighted by Crippen LogP contribution is 2.48. The first-order valence-electron chi connectivity index (χ1n) is 17.1. The smallest absolute Gasteiger partial charge is 0.0482 e. The van der Waals surface area contributed by atoms with Gasteiger partial charge < -0.3 is 10.6 Å². The standard InChI is InChI=1S/C48H32N2/c49-38-13-7-16-41(30-38)50(39-14-3-11-34(26-39)36-23-22-32-21-20-31-8-1-2-17-42(31)46(32)28-36)40-15-4-12-35(27-40)37-24-25-43-44-18-5-9-33-10-6-19-45(48(33)44)47(43)29-37/h1-30H,49H2. The minimum absolute atomic E-state index is 0.730. The molecule has 1 aliphatic carbocycles. The van der Waals surface area contributed by atoms with Gasteiger partial charge in [0.1, 0.15) is 0 Å². The number of rotatable bonds is 5. The van der Waals surface area contributed by atoms with Crippen LogP contribution in [0.1, 0.15) is 0 Å². The molecule has 2 nitrogen and oxygen atoms in total. The number of benzene rings is 9. The molecule has 2 N–H and O–H groups in total. The van der Waals surface area contributed by atoms with Crippen molar-refractivity contribution in [3.05, 3.63) is 182 Å². The fourth-order valence-electron chi connectivity index (χ4n) is 7.91. The van der Waals surface area contributed by atoms with Gasteiger partial charge in [-0.2, -0.15) is 0 Å². The second-order valence-corrected chi connectivity index (χ2v) is 13.2. The second-order valence-electron chi connectivity index (χ2n) is 13.2. The molecular formula is C48H32N2. The fourth-order valence-corrected chi connectivity index (χ4v) is 7.91. The van der Waals surface area contributed by atoms with E-state index in [1.165, 1.54) is 71.3 Å². The first kappa shape index (κ1) is 28.4. The third-order valence-corrected chi connectivity index (χ3v) is 10.3. The molecule has 0 saturated heterocycles. The zero-order valence-electron chi connectivity index (χ0n) is 27.3. The van der Waals surface area contributed by atoms with Gasteiger partial charge in [0.15, 0.2) is 0 Å². The molecule has 10 rings (SSSR count). The van der Waals surface area contributed by atoms with Crippen LogP contribution in [0.5, 0.6) is 0 Å². The Morgan fingerprint density at radius 3 is 1.60 bits per heavy atom. The monoisotopic (exact) mass is 636 g/mol. The maximum Gasteiger partial charge on any atom is 0.0482 e. The lowest BCUT2D eigenvalue weighted by Gasteiger charge is -2.27. The van der Waals surface area contributed by atoms with Gasteiger partial charge in [0, 0.05) is 22.7 Å². The largest absolute Gasteiger partial charge is 0.399 e. The summed E-state index contributed by atoms with van der Waals surface area (Å²) in [6, 6.07) is 65.8. The molecule has 2 heteroatoms. The lowest BCUT2D eigenvalue weighted by molar-refractivity contribution is 1.28. The van der Waals surface area contributed by atoms with Crippen molar-refractivity contribution < 1.29 is 0 Å². The maximum atomic E-state index is 6.39. The van der Waals surface area contributed by atoms with Gasteiger partial charge in [-0.15, -0.1) is 0 Å². The zero-order valence-corrected chi connectivity index (χ0v) is 27.3. The van der Waals surface area contributed by atoms with Crippen LogP contribution in [0.3, 0.4) is 0 Å². The molecule has 0 spiro atoms. The lowest BCUT2D eigenvalue weighted by Crippen LogP contribution is -2.10. The van der Waals surface area contributed by atoms with Crippen LogP contribution in [0, 0.1) is 0 Å². The minimum atomic E-state index is 0.730. The summed E-state index contributed by atoms with van der Waals surface area (Å²) < 4.78 is 0. The molecule has 0 aliphatic heterocycles. The Morgan fingerprint density at radius 1 is 0.320 bits per heavy atom. The Balaban J connectivity index is 1.09. The predicted molar refractivity (Wildman–Crippen MR) is 213 cm³/mol. The van der Waals surface area contributed by atoms with E-state index in [0.717, 1.165) is 28.3 Å². The van der Waals surface area contributed by atoms with Crippen molar-refractivity contribution in [3.63, 3.8) is 0 Å². The van der Waals surface area contributed by atoms with E-state index in [-0.39, 0.29) is 0 Å². The zero-order chi connectivity index (χ0) is 33.2. The van der Waals surface area contributed by atoms with Gasteiger partial charge in [0.05, 0.1) is 0 Å². The van der Waals surface area contributed by atoms with Crippen molar-refractivity contribution in [3.8, 4) is 44.5 Å². The summed E-state index contributed by atoms with van der Waals surface area (Å²) in [6.45, 7) is 0. The van der Waals surface area contributed by atoms with Gasteiger partial charge >= 0.3 is 0 Å². The Labute approximate surface area is 291 Å². The van der Waals surface area contributed by atoms with E-state index in [1.54, 1.807) is 0 Å². The SMILES string of the molecule is Nc1cccc(N(c2cccc(-c3ccc4c(c3)-c3cccc5cccc-4c35)c2)c2cccc(-c3ccc4ccc5ccccc5c4c3)c2)c1. The number of nitrogens with two attached hydrogens (primary N) is 1. The van der Waals surface area contributed by atoms with Crippen molar-refractivity contribution in [1.82, 2.24) is 0 Å². The number of nitrogens with zero attached hydrogens (tertiary/aromatic N) is 1. The second kappa shape index (κ2) is 11.2. The highest BCUT2D eigenvalue weighted by atomic mass is 15.1. The van der Waals surface area contributed by atoms with Gasteiger partial charge in [0.25, 0.3) is 0 Å². The van der Waals surface area contributed by atoms with E-state index in [0.29, 0.717) is 0 Å². The number of nitrogen functional groups attached to an aromatic ring is 1. The summed E-state index contributed by atoms with van der Waals surface area (Å²) in [5.74, 6) is 0. The maximum absolute atomic E-state index is 6.39. The molecule has 0 aromatic heterocycles. The van der Waals surface area contributed by atoms with Crippen molar-refractivity contribution >= 4 is 55.1 Å². The van der Waals surface area contributed by atoms with Crippen molar-refractivity contribution in [1.29, 1.82) is 0 Å². The first-order chi connectivity index (χ1) is 24.7. The highest BCUT2D eigenvalue weighted by molar-refractivity contribution is 6.15. The molecule has 1 aliphatic rings. The molecule has 0 heterocycles. The van der Waals surface area contributed by atoms with Crippen LogP contribution >= 0.6 is 0 Å². The molecule has 0 fully saturated rings. The number of hydrogen-bond acceptors (Lipinski definition) is 2. The summed E-state index contributed by atoms with van der Waals surface area (Å²) in [6.07, 6.45) is 0. The van der Waals surface area contributed by atoms with Crippen LogP contribution in [-0.4, -0.2) is 0 Å². The van der Waals surface area contributed by atoms with Crippen molar-refractivity contribution in [2.24, 2.45) is 0 Å². The van der Waals surface area contributed by atoms with Gasteiger partial charge in [0.2, 0.25) is 0 Å². The first-order valence-corrected chi connectivity index (χ1v) is 17.1. The Kier molecular flexibility index (Phi) is 6.37. The van der Waals surface area contributed by atoms with Crippen LogP contribution in [0.4, 0.5) is 22.7 Å². The van der Waals surface area contributed by atoms with Crippen LogP contribution in [-0.2, 0) is 0 Å². The van der Waals surface area contributed by atoms with Crippen LogP contribution in [0.25, 0.3) is 76.8 Å². The summed E-state index contributed by atoms with van der Waals surface area (Å²) >= 11 is 0. The Bertz CT molecular complexity index is 2790. The molecule has 0 atom stereocenters. The molecule has 0 unspecified atom stereocenters. The van der Waals surface area contributed by atoms with Gasteiger partial charge in [-0.3, -0.25) is 0 Å². The predicted octanol–water partition coefficient (Wildman–Crippen LogP) is 13.2. The summed E-state index contributed by atoms with van der Waals surface area (Å²) in [4.78, 5) is 2.31. The fraction of sp³-hybridized carbons (Fsp3) is 0. The normalized spacial score (nSPS) is 11.7. The van der Waals surface area contributed by atoms with E-state index in [9.17, 15) is 0 Å². The van der Waals surface area contributed by atoms with Crippen LogP contribution < -0.4 is 10.6 Å². The topological polar surface area (TPSA) is 29.3 Å². The van der Waals surface area contributed by atoms with E-state index < -0.39 is 0 Å². The van der Waals surface area contributed by atoms with Gasteiger partial charge in [-0.05, 0) is 131 Å². The quantitative estimate of drug-likeness (QED) is 0.150. The molecule has 0 amide bonds. The van der Waals surface area contributed by atoms with Gasteiger partial charge in [-0.1, -0.05) is 127 Å². The third-order valence-electron chi connectivity index (χ3n) is 10.3. The summed E-state index contributed by atoms with van der Waals surface area (Å²) in [7, 11) is 0. The molecule has 0 bridgehead atoms. The molecular weight excluding hydrogens is 605 g/mol. The average Bonchev–Trinajstić information content (AvgIpc) is 3.49. The minimum Gasteiger partial charge on any atom is -0.399 e. The Hall–Kier alpha value is -6.64. The van der Waals surface area contributed by atoms with E-state index in [1.807, 2.05) is 12.1 Å². The van der Waals surface area contributed by atoms with Crippen LogP contribution in [0.15, 0.2) is 182 Å². The number of fused-ring (bicyclic) bond motifs is 6. The highest BCUT2D eigenvalue weighted by Gasteiger charge is 2.22. The van der Waals surface area contributed by atoms with Gasteiger partial charge in [-0.25, -0.2) is 0 Å². The van der Waals surface area contributed by atoms with E-state index in [4.69, 9.17) is 5.73 Å². The average molecular weight is 637 g/mol. The summed E-state index contributed by atoms with van der Waals surface area (Å²) in [5.41, 5.74) is 20.2. The van der Waals surface area contributed by atoms with E-state index >= 15 is 0 Å². The lowest BCUT2D eigenvalue weighted by atomic mass is 9.96.